The molecule has 1 aromatic rings. The van der Waals surface area contributed by atoms with Gasteiger partial charge in [-0.05, 0) is 25.3 Å². The molecule has 1 heteroatoms. The van der Waals surface area contributed by atoms with Crippen LogP contribution < -0.4 is 0 Å². The number of hydrogen-bond donors (Lipinski definition) is 0. The van der Waals surface area contributed by atoms with E-state index in [0.29, 0.717) is 6.42 Å². The summed E-state index contributed by atoms with van der Waals surface area (Å²) >= 11 is 0. The Hall–Kier alpha value is -0.850. The SMILES string of the molecule is Cc1ccc(CC2(F)CCCCC2)cc1. The monoisotopic (exact) mass is 206 g/mol. The fourth-order valence-electron chi connectivity index (χ4n) is 2.43. The van der Waals surface area contributed by atoms with Crippen molar-refractivity contribution in [3.8, 4) is 0 Å². The van der Waals surface area contributed by atoms with Crippen LogP contribution in [0.5, 0.6) is 0 Å². The highest BCUT2D eigenvalue weighted by atomic mass is 19.1. The molecule has 1 aromatic carbocycles. The molecule has 0 bridgehead atoms. The van der Waals surface area contributed by atoms with E-state index < -0.39 is 5.67 Å². The van der Waals surface area contributed by atoms with E-state index in [1.54, 1.807) is 0 Å². The van der Waals surface area contributed by atoms with E-state index >= 15 is 0 Å². The summed E-state index contributed by atoms with van der Waals surface area (Å²) in [4.78, 5) is 0. The van der Waals surface area contributed by atoms with Crippen LogP contribution in [0.3, 0.4) is 0 Å². The van der Waals surface area contributed by atoms with Crippen LogP contribution >= 0.6 is 0 Å². The van der Waals surface area contributed by atoms with Gasteiger partial charge in [-0.1, -0.05) is 49.1 Å². The lowest BCUT2D eigenvalue weighted by Gasteiger charge is -2.29. The molecule has 0 nitrogen and oxygen atoms in total. The minimum absolute atomic E-state index is 0.604. The molecular weight excluding hydrogens is 187 g/mol. The maximum Gasteiger partial charge on any atom is 0.115 e. The zero-order chi connectivity index (χ0) is 10.7. The molecule has 1 fully saturated rings. The van der Waals surface area contributed by atoms with Crippen LogP contribution in [0.2, 0.25) is 0 Å². The van der Waals surface area contributed by atoms with Gasteiger partial charge in [-0.15, -0.1) is 0 Å². The fourth-order valence-corrected chi connectivity index (χ4v) is 2.43. The Kier molecular flexibility index (Phi) is 3.08. The largest absolute Gasteiger partial charge is 0.244 e. The van der Waals surface area contributed by atoms with E-state index in [1.807, 2.05) is 0 Å². The van der Waals surface area contributed by atoms with Crippen LogP contribution in [-0.4, -0.2) is 5.67 Å². The molecule has 0 spiro atoms. The highest BCUT2D eigenvalue weighted by Crippen LogP contribution is 2.34. The van der Waals surface area contributed by atoms with Crippen molar-refractivity contribution in [1.82, 2.24) is 0 Å². The van der Waals surface area contributed by atoms with E-state index in [4.69, 9.17) is 0 Å². The smallest absolute Gasteiger partial charge is 0.115 e. The van der Waals surface area contributed by atoms with Crippen molar-refractivity contribution in [2.75, 3.05) is 0 Å². The third-order valence-electron chi connectivity index (χ3n) is 3.39. The lowest BCUT2D eigenvalue weighted by molar-refractivity contribution is 0.107. The lowest BCUT2D eigenvalue weighted by Crippen LogP contribution is -2.28. The zero-order valence-electron chi connectivity index (χ0n) is 9.43. The van der Waals surface area contributed by atoms with Gasteiger partial charge in [-0.2, -0.15) is 0 Å². The molecule has 0 radical (unpaired) electrons. The fraction of sp³-hybridized carbons (Fsp3) is 0.571. The Morgan fingerprint density at radius 3 is 2.27 bits per heavy atom. The molecule has 0 saturated heterocycles. The Labute approximate surface area is 91.5 Å². The van der Waals surface area contributed by atoms with Gasteiger partial charge in [0.2, 0.25) is 0 Å². The van der Waals surface area contributed by atoms with E-state index in [0.717, 1.165) is 31.2 Å². The normalized spacial score (nSPS) is 20.1. The standard InChI is InChI=1S/C14H19F/c1-12-5-7-13(8-6-12)11-14(15)9-3-2-4-10-14/h5-8H,2-4,9-11H2,1H3. The van der Waals surface area contributed by atoms with Gasteiger partial charge in [0, 0.05) is 6.42 Å². The summed E-state index contributed by atoms with van der Waals surface area (Å²) < 4.78 is 14.4. The molecule has 15 heavy (non-hydrogen) atoms. The second kappa shape index (κ2) is 4.34. The molecule has 82 valence electrons. The maximum absolute atomic E-state index is 14.4. The van der Waals surface area contributed by atoms with Gasteiger partial charge in [-0.25, -0.2) is 4.39 Å². The van der Waals surface area contributed by atoms with Gasteiger partial charge in [0.25, 0.3) is 0 Å². The molecule has 0 heterocycles. The van der Waals surface area contributed by atoms with Gasteiger partial charge in [-0.3, -0.25) is 0 Å². The first-order valence-corrected chi connectivity index (χ1v) is 5.92. The Balaban J connectivity index is 2.03. The van der Waals surface area contributed by atoms with Crippen molar-refractivity contribution in [1.29, 1.82) is 0 Å². The predicted octanol–water partition coefficient (Wildman–Crippen LogP) is 4.21. The van der Waals surface area contributed by atoms with Gasteiger partial charge in [0.05, 0.1) is 0 Å². The van der Waals surface area contributed by atoms with E-state index in [2.05, 4.69) is 31.2 Å². The third kappa shape index (κ3) is 2.80. The minimum atomic E-state index is -0.923. The molecule has 1 aliphatic carbocycles. The average Bonchev–Trinajstić information content (AvgIpc) is 2.22. The molecular formula is C14H19F. The zero-order valence-corrected chi connectivity index (χ0v) is 9.43. The first-order valence-electron chi connectivity index (χ1n) is 5.92. The second-order valence-corrected chi connectivity index (χ2v) is 4.87. The lowest BCUT2D eigenvalue weighted by atomic mass is 9.82. The summed E-state index contributed by atoms with van der Waals surface area (Å²) in [5.74, 6) is 0. The predicted molar refractivity (Wildman–Crippen MR) is 61.8 cm³/mol. The van der Waals surface area contributed by atoms with E-state index in [9.17, 15) is 4.39 Å². The summed E-state index contributed by atoms with van der Waals surface area (Å²) in [6, 6.07) is 8.26. The number of aryl methyl sites for hydroxylation is 1. The Morgan fingerprint density at radius 2 is 1.67 bits per heavy atom. The summed E-state index contributed by atoms with van der Waals surface area (Å²) in [6.45, 7) is 2.07. The van der Waals surface area contributed by atoms with Crippen molar-refractivity contribution in [3.05, 3.63) is 35.4 Å². The first-order chi connectivity index (χ1) is 7.18. The topological polar surface area (TPSA) is 0 Å². The number of halogens is 1. The van der Waals surface area contributed by atoms with Crippen molar-refractivity contribution in [2.24, 2.45) is 0 Å². The Morgan fingerprint density at radius 1 is 1.07 bits per heavy atom. The molecule has 1 aliphatic rings. The van der Waals surface area contributed by atoms with Crippen molar-refractivity contribution in [3.63, 3.8) is 0 Å². The Bertz CT molecular complexity index is 307. The summed E-state index contributed by atoms with van der Waals surface area (Å²) in [7, 11) is 0. The van der Waals surface area contributed by atoms with Crippen molar-refractivity contribution >= 4 is 0 Å². The van der Waals surface area contributed by atoms with Crippen LogP contribution in [0.4, 0.5) is 4.39 Å². The maximum atomic E-state index is 14.4. The highest BCUT2D eigenvalue weighted by Gasteiger charge is 2.31. The van der Waals surface area contributed by atoms with Crippen LogP contribution in [-0.2, 0) is 6.42 Å². The molecule has 0 unspecified atom stereocenters. The summed E-state index contributed by atoms with van der Waals surface area (Å²) in [6.07, 6.45) is 5.43. The van der Waals surface area contributed by atoms with Crippen LogP contribution in [0.15, 0.2) is 24.3 Å². The number of alkyl halides is 1. The van der Waals surface area contributed by atoms with Crippen molar-refractivity contribution in [2.45, 2.75) is 51.1 Å². The van der Waals surface area contributed by atoms with Crippen molar-refractivity contribution < 1.29 is 4.39 Å². The van der Waals surface area contributed by atoms with Gasteiger partial charge in [0.15, 0.2) is 0 Å². The van der Waals surface area contributed by atoms with Crippen LogP contribution in [0.1, 0.15) is 43.2 Å². The number of rotatable bonds is 2. The van der Waals surface area contributed by atoms with Gasteiger partial charge in [0.1, 0.15) is 5.67 Å². The second-order valence-electron chi connectivity index (χ2n) is 4.87. The molecule has 0 aromatic heterocycles. The van der Waals surface area contributed by atoms with E-state index in [1.165, 1.54) is 12.0 Å². The average molecular weight is 206 g/mol. The van der Waals surface area contributed by atoms with Crippen LogP contribution in [0.25, 0.3) is 0 Å². The summed E-state index contributed by atoms with van der Waals surface area (Å²) in [5.41, 5.74) is 1.47. The first kappa shape index (κ1) is 10.7. The van der Waals surface area contributed by atoms with E-state index in [-0.39, 0.29) is 0 Å². The summed E-state index contributed by atoms with van der Waals surface area (Å²) in [5, 5.41) is 0. The number of hydrogen-bond acceptors (Lipinski definition) is 0. The minimum Gasteiger partial charge on any atom is -0.244 e. The quantitative estimate of drug-likeness (QED) is 0.680. The van der Waals surface area contributed by atoms with Gasteiger partial charge >= 0.3 is 0 Å². The highest BCUT2D eigenvalue weighted by molar-refractivity contribution is 5.22. The molecule has 0 atom stereocenters. The molecule has 0 amide bonds. The van der Waals surface area contributed by atoms with Crippen LogP contribution in [0, 0.1) is 6.92 Å². The third-order valence-corrected chi connectivity index (χ3v) is 3.39. The molecule has 1 saturated carbocycles. The molecule has 0 N–H and O–H groups in total. The molecule has 0 aliphatic heterocycles. The molecule has 2 rings (SSSR count). The number of benzene rings is 1. The van der Waals surface area contributed by atoms with Gasteiger partial charge < -0.3 is 0 Å².